The Balaban J connectivity index is 1.85. The fourth-order valence-corrected chi connectivity index (χ4v) is 5.37. The second-order valence-corrected chi connectivity index (χ2v) is 9.60. The van der Waals surface area contributed by atoms with E-state index in [0.717, 1.165) is 25.7 Å². The van der Waals surface area contributed by atoms with Crippen LogP contribution in [0.2, 0.25) is 5.02 Å². The number of hydrogen-bond acceptors (Lipinski definition) is 5. The van der Waals surface area contributed by atoms with Gasteiger partial charge in [-0.3, -0.25) is 0 Å². The van der Waals surface area contributed by atoms with Crippen LogP contribution in [0.25, 0.3) is 11.5 Å². The Morgan fingerprint density at radius 2 is 1.66 bits per heavy atom. The molecule has 29 heavy (non-hydrogen) atoms. The molecule has 0 unspecified atom stereocenters. The Morgan fingerprint density at radius 1 is 1.00 bits per heavy atom. The van der Waals surface area contributed by atoms with Gasteiger partial charge in [-0.05, 0) is 37.1 Å². The first-order valence-corrected chi connectivity index (χ1v) is 11.6. The van der Waals surface area contributed by atoms with Crippen LogP contribution >= 0.6 is 11.6 Å². The van der Waals surface area contributed by atoms with Crippen LogP contribution in [0.15, 0.2) is 68.9 Å². The fourth-order valence-electron chi connectivity index (χ4n) is 3.79. The maximum absolute atomic E-state index is 13.4. The van der Waals surface area contributed by atoms with Gasteiger partial charge in [0.1, 0.15) is 0 Å². The van der Waals surface area contributed by atoms with E-state index in [9.17, 15) is 8.42 Å². The van der Waals surface area contributed by atoms with Crippen LogP contribution in [-0.4, -0.2) is 26.5 Å². The van der Waals surface area contributed by atoms with Gasteiger partial charge in [-0.2, -0.15) is 4.98 Å². The number of aromatic nitrogens is 1. The molecule has 4 rings (SSSR count). The number of hydrogen-bond donors (Lipinski definition) is 0. The molecule has 2 aromatic carbocycles. The van der Waals surface area contributed by atoms with Crippen molar-refractivity contribution in [3.63, 3.8) is 0 Å². The molecule has 0 atom stereocenters. The van der Waals surface area contributed by atoms with Gasteiger partial charge in [0.25, 0.3) is 0 Å². The summed E-state index contributed by atoms with van der Waals surface area (Å²) in [5.41, 5.74) is 0.571. The van der Waals surface area contributed by atoms with E-state index in [4.69, 9.17) is 16.0 Å². The van der Waals surface area contributed by atoms with Crippen molar-refractivity contribution >= 4 is 27.3 Å². The lowest BCUT2D eigenvalue weighted by Gasteiger charge is -2.31. The van der Waals surface area contributed by atoms with E-state index in [1.165, 1.54) is 6.42 Å². The Bertz CT molecular complexity index is 1090. The standard InChI is InChI=1S/C22H23ClN2O3S/c1-25(16-10-4-2-5-11-16)22-21(29(26,27)17-12-6-3-7-13-17)24-20(28-22)18-14-8-9-15-19(18)23/h3,6-9,12-16H,2,4-5,10-11H2,1H3. The van der Waals surface area contributed by atoms with Crippen molar-refractivity contribution in [1.29, 1.82) is 0 Å². The summed E-state index contributed by atoms with van der Waals surface area (Å²) in [6, 6.07) is 15.7. The quantitative estimate of drug-likeness (QED) is 0.527. The molecule has 0 aliphatic heterocycles. The minimum Gasteiger partial charge on any atom is -0.419 e. The van der Waals surface area contributed by atoms with Gasteiger partial charge in [0.05, 0.1) is 15.5 Å². The van der Waals surface area contributed by atoms with Crippen LogP contribution in [0.4, 0.5) is 5.88 Å². The van der Waals surface area contributed by atoms with Gasteiger partial charge in [-0.25, -0.2) is 8.42 Å². The second-order valence-electron chi connectivity index (χ2n) is 7.33. The molecule has 1 aromatic heterocycles. The van der Waals surface area contributed by atoms with E-state index in [1.807, 2.05) is 24.1 Å². The molecule has 1 aliphatic carbocycles. The zero-order valence-electron chi connectivity index (χ0n) is 16.2. The number of oxazole rings is 1. The third-order valence-corrected chi connectivity index (χ3v) is 7.43. The monoisotopic (exact) mass is 430 g/mol. The molecule has 0 spiro atoms. The molecular weight excluding hydrogens is 408 g/mol. The topological polar surface area (TPSA) is 63.4 Å². The highest BCUT2D eigenvalue weighted by molar-refractivity contribution is 7.91. The lowest BCUT2D eigenvalue weighted by molar-refractivity contribution is 0.408. The van der Waals surface area contributed by atoms with E-state index in [1.54, 1.807) is 42.5 Å². The zero-order chi connectivity index (χ0) is 20.4. The molecule has 0 amide bonds. The number of anilines is 1. The van der Waals surface area contributed by atoms with Crippen molar-refractivity contribution in [2.75, 3.05) is 11.9 Å². The first-order valence-electron chi connectivity index (χ1n) is 9.77. The minimum atomic E-state index is -3.84. The van der Waals surface area contributed by atoms with Crippen molar-refractivity contribution in [3.8, 4) is 11.5 Å². The predicted octanol–water partition coefficient (Wildman–Crippen LogP) is 5.60. The molecule has 1 saturated carbocycles. The summed E-state index contributed by atoms with van der Waals surface area (Å²) >= 11 is 6.32. The maximum Gasteiger partial charge on any atom is 0.236 e. The lowest BCUT2D eigenvalue weighted by atomic mass is 9.95. The van der Waals surface area contributed by atoms with Crippen LogP contribution in [-0.2, 0) is 9.84 Å². The van der Waals surface area contributed by atoms with Gasteiger partial charge < -0.3 is 9.32 Å². The first-order chi connectivity index (χ1) is 14.0. The van der Waals surface area contributed by atoms with E-state index in [0.29, 0.717) is 10.6 Å². The number of halogens is 1. The van der Waals surface area contributed by atoms with Crippen molar-refractivity contribution in [3.05, 3.63) is 59.6 Å². The average molecular weight is 431 g/mol. The molecule has 1 aliphatic rings. The summed E-state index contributed by atoms with van der Waals surface area (Å²) in [6.07, 6.45) is 5.47. The molecule has 0 saturated heterocycles. The molecule has 152 valence electrons. The minimum absolute atomic E-state index is 0.0632. The van der Waals surface area contributed by atoms with E-state index in [2.05, 4.69) is 4.98 Å². The summed E-state index contributed by atoms with van der Waals surface area (Å²) in [4.78, 5) is 6.55. The third kappa shape index (κ3) is 3.91. The van der Waals surface area contributed by atoms with Crippen LogP contribution < -0.4 is 4.90 Å². The van der Waals surface area contributed by atoms with Crippen molar-refractivity contribution in [1.82, 2.24) is 4.98 Å². The summed E-state index contributed by atoms with van der Waals surface area (Å²) in [5, 5.41) is 0.399. The van der Waals surface area contributed by atoms with Gasteiger partial charge in [-0.15, -0.1) is 0 Å². The van der Waals surface area contributed by atoms with Gasteiger partial charge in [0, 0.05) is 13.1 Å². The van der Waals surface area contributed by atoms with Gasteiger partial charge in [0.15, 0.2) is 0 Å². The Labute approximate surface area is 176 Å². The highest BCUT2D eigenvalue weighted by Crippen LogP contribution is 2.38. The average Bonchev–Trinajstić information content (AvgIpc) is 3.21. The molecule has 5 nitrogen and oxygen atoms in total. The van der Waals surface area contributed by atoms with Gasteiger partial charge in [-0.1, -0.05) is 61.2 Å². The second kappa shape index (κ2) is 8.20. The number of sulfone groups is 1. The normalized spacial score (nSPS) is 15.4. The third-order valence-electron chi connectivity index (χ3n) is 5.43. The van der Waals surface area contributed by atoms with Crippen LogP contribution in [0.1, 0.15) is 32.1 Å². The summed E-state index contributed by atoms with van der Waals surface area (Å²) in [7, 11) is -1.96. The summed E-state index contributed by atoms with van der Waals surface area (Å²) < 4.78 is 32.8. The fraction of sp³-hybridized carbons (Fsp3) is 0.318. The van der Waals surface area contributed by atoms with Crippen LogP contribution in [0, 0.1) is 0 Å². The maximum atomic E-state index is 13.4. The highest BCUT2D eigenvalue weighted by Gasteiger charge is 2.33. The number of rotatable bonds is 5. The van der Waals surface area contributed by atoms with Gasteiger partial charge in [0.2, 0.25) is 26.6 Å². The summed E-state index contributed by atoms with van der Waals surface area (Å²) in [5.74, 6) is 0.485. The Hall–Kier alpha value is -2.31. The van der Waals surface area contributed by atoms with E-state index in [-0.39, 0.29) is 27.7 Å². The molecule has 0 bridgehead atoms. The van der Waals surface area contributed by atoms with Crippen LogP contribution in [0.5, 0.6) is 0 Å². The van der Waals surface area contributed by atoms with Gasteiger partial charge >= 0.3 is 0 Å². The summed E-state index contributed by atoms with van der Waals surface area (Å²) in [6.45, 7) is 0. The van der Waals surface area contributed by atoms with Crippen molar-refractivity contribution in [2.24, 2.45) is 0 Å². The lowest BCUT2D eigenvalue weighted by Crippen LogP contribution is -2.33. The largest absolute Gasteiger partial charge is 0.419 e. The first kappa shape index (κ1) is 20.0. The molecule has 0 N–H and O–H groups in total. The van der Waals surface area contributed by atoms with Crippen molar-refractivity contribution in [2.45, 2.75) is 48.1 Å². The molecule has 0 radical (unpaired) electrons. The number of nitrogens with zero attached hydrogens (tertiary/aromatic N) is 2. The molecule has 3 aromatic rings. The zero-order valence-corrected chi connectivity index (χ0v) is 17.8. The Morgan fingerprint density at radius 3 is 2.34 bits per heavy atom. The SMILES string of the molecule is CN(c1oc(-c2ccccc2Cl)nc1S(=O)(=O)c1ccccc1)C1CCCCC1. The molecule has 1 heterocycles. The van der Waals surface area contributed by atoms with Crippen molar-refractivity contribution < 1.29 is 12.8 Å². The van der Waals surface area contributed by atoms with Crippen LogP contribution in [0.3, 0.4) is 0 Å². The highest BCUT2D eigenvalue weighted by atomic mass is 35.5. The molecular formula is C22H23ClN2O3S. The Kier molecular flexibility index (Phi) is 5.65. The predicted molar refractivity (Wildman–Crippen MR) is 114 cm³/mol. The van der Waals surface area contributed by atoms with E-state index >= 15 is 0 Å². The molecule has 1 fully saturated rings. The molecule has 7 heteroatoms. The number of benzene rings is 2. The smallest absolute Gasteiger partial charge is 0.236 e. The van der Waals surface area contributed by atoms with E-state index < -0.39 is 9.84 Å².